The van der Waals surface area contributed by atoms with Crippen molar-refractivity contribution in [3.8, 4) is 55.6 Å². The number of benzene rings is 12. The highest BCUT2D eigenvalue weighted by molar-refractivity contribution is 6.12. The molecule has 0 spiro atoms. The fourth-order valence-electron chi connectivity index (χ4n) is 9.52. The van der Waals surface area contributed by atoms with Crippen LogP contribution in [-0.2, 0) is 0 Å². The summed E-state index contributed by atoms with van der Waals surface area (Å²) in [4.78, 5) is 0. The number of hydrogen-bond donors (Lipinski definition) is 0. The first kappa shape index (κ1) is 34.3. The van der Waals surface area contributed by atoms with Crippen LogP contribution < -0.4 is 0 Å². The molecule has 0 aliphatic carbocycles. The lowest BCUT2D eigenvalue weighted by Gasteiger charge is -2.14. The minimum Gasteiger partial charge on any atom is -0.0616 e. The van der Waals surface area contributed by atoms with E-state index in [0.29, 0.717) is 0 Å². The molecule has 0 bridgehead atoms. The van der Waals surface area contributed by atoms with Crippen molar-refractivity contribution in [3.05, 3.63) is 231 Å². The topological polar surface area (TPSA) is 0 Å². The Morgan fingerprint density at radius 2 is 0.383 bits per heavy atom. The van der Waals surface area contributed by atoms with Gasteiger partial charge >= 0.3 is 0 Å². The van der Waals surface area contributed by atoms with E-state index in [-0.39, 0.29) is 0 Å². The monoisotopic (exact) mass is 758 g/mol. The first-order valence-corrected chi connectivity index (χ1v) is 20.8. The average molecular weight is 759 g/mol. The Morgan fingerprint density at radius 1 is 0.150 bits per heavy atom. The molecule has 278 valence electrons. The van der Waals surface area contributed by atoms with E-state index < -0.39 is 0 Å². The lowest BCUT2D eigenvalue weighted by Crippen LogP contribution is -1.87. The molecule has 0 radical (unpaired) electrons. The molecule has 0 aliphatic rings. The van der Waals surface area contributed by atoms with Crippen LogP contribution >= 0.6 is 0 Å². The molecule has 0 N–H and O–H groups in total. The van der Waals surface area contributed by atoms with E-state index in [4.69, 9.17) is 0 Å². The zero-order valence-corrected chi connectivity index (χ0v) is 32.9. The first-order valence-electron chi connectivity index (χ1n) is 20.8. The fraction of sp³-hybridized carbons (Fsp3) is 0. The second-order valence-electron chi connectivity index (χ2n) is 16.1. The van der Waals surface area contributed by atoms with Gasteiger partial charge in [-0.15, -0.1) is 0 Å². The van der Waals surface area contributed by atoms with Crippen LogP contribution in [0.2, 0.25) is 0 Å². The molecule has 0 fully saturated rings. The van der Waals surface area contributed by atoms with Crippen molar-refractivity contribution in [2.75, 3.05) is 0 Å². The minimum atomic E-state index is 1.23. The van der Waals surface area contributed by atoms with Gasteiger partial charge in [-0.25, -0.2) is 0 Å². The molecular formula is C60H38. The van der Waals surface area contributed by atoms with E-state index in [1.165, 1.54) is 120 Å². The normalized spacial score (nSPS) is 11.7. The lowest BCUT2D eigenvalue weighted by molar-refractivity contribution is 1.61. The summed E-state index contributed by atoms with van der Waals surface area (Å²) in [6.45, 7) is 0. The second-order valence-corrected chi connectivity index (χ2v) is 16.1. The third-order valence-electron chi connectivity index (χ3n) is 12.6. The van der Waals surface area contributed by atoms with Gasteiger partial charge in [0.1, 0.15) is 0 Å². The summed E-state index contributed by atoms with van der Waals surface area (Å²) in [7, 11) is 0. The Bertz CT molecular complexity index is 3420. The number of rotatable bonds is 5. The molecule has 0 aromatic heterocycles. The third-order valence-corrected chi connectivity index (χ3v) is 12.6. The molecule has 0 saturated carbocycles. The average Bonchev–Trinajstić information content (AvgIpc) is 3.32. The standard InChI is InChI=1S/C60H38/c1-3-11-41-33-45(19-17-39(41)9-1)53-13-5-7-15-55(53)51-27-31-59-49(37-51)23-21-47-35-43(25-29-57(47)59)44-26-30-58-48(36-44)22-24-50-38-52(28-32-60(50)58)56-16-8-6-14-54(56)46-20-18-40-10-2-4-12-42(40)34-46/h1-38H. The summed E-state index contributed by atoms with van der Waals surface area (Å²) in [5.74, 6) is 0. The van der Waals surface area contributed by atoms with Crippen LogP contribution in [0.1, 0.15) is 0 Å². The maximum absolute atomic E-state index is 2.35. The van der Waals surface area contributed by atoms with Gasteiger partial charge in [0.2, 0.25) is 0 Å². The largest absolute Gasteiger partial charge is 0.0616 e. The predicted molar refractivity (Wildman–Crippen MR) is 259 cm³/mol. The van der Waals surface area contributed by atoms with Gasteiger partial charge in [-0.3, -0.25) is 0 Å². The number of fused-ring (bicyclic) bond motifs is 8. The molecule has 0 unspecified atom stereocenters. The zero-order valence-electron chi connectivity index (χ0n) is 32.9. The fourth-order valence-corrected chi connectivity index (χ4v) is 9.52. The molecular weight excluding hydrogens is 721 g/mol. The number of hydrogen-bond acceptors (Lipinski definition) is 0. The summed E-state index contributed by atoms with van der Waals surface area (Å²) < 4.78 is 0. The smallest absolute Gasteiger partial charge is 0.0105 e. The van der Waals surface area contributed by atoms with Crippen LogP contribution in [0.3, 0.4) is 0 Å². The Labute approximate surface area is 349 Å². The van der Waals surface area contributed by atoms with Gasteiger partial charge in [-0.2, -0.15) is 0 Å². The van der Waals surface area contributed by atoms with Crippen LogP contribution in [0.15, 0.2) is 231 Å². The highest BCUT2D eigenvalue weighted by atomic mass is 14.2. The highest BCUT2D eigenvalue weighted by Crippen LogP contribution is 2.39. The summed E-state index contributed by atoms with van der Waals surface area (Å²) in [5.41, 5.74) is 12.4. The van der Waals surface area contributed by atoms with E-state index in [1.54, 1.807) is 0 Å². The molecule has 0 heterocycles. The van der Waals surface area contributed by atoms with Crippen molar-refractivity contribution < 1.29 is 0 Å². The van der Waals surface area contributed by atoms with Crippen molar-refractivity contribution in [2.24, 2.45) is 0 Å². The van der Waals surface area contributed by atoms with Crippen LogP contribution in [0.4, 0.5) is 0 Å². The Hall–Kier alpha value is -7.80. The van der Waals surface area contributed by atoms with E-state index in [9.17, 15) is 0 Å². The summed E-state index contributed by atoms with van der Waals surface area (Å²) in [6.07, 6.45) is 0. The van der Waals surface area contributed by atoms with Gasteiger partial charge in [0.15, 0.2) is 0 Å². The first-order chi connectivity index (χ1) is 29.7. The maximum Gasteiger partial charge on any atom is -0.0105 e. The predicted octanol–water partition coefficient (Wildman–Crippen LogP) is 16.9. The minimum absolute atomic E-state index is 1.23. The molecule has 0 heteroatoms. The maximum atomic E-state index is 2.35. The van der Waals surface area contributed by atoms with Crippen molar-refractivity contribution in [3.63, 3.8) is 0 Å². The Balaban J connectivity index is 0.860. The van der Waals surface area contributed by atoms with Gasteiger partial charge in [0.05, 0.1) is 0 Å². The molecule has 12 aromatic carbocycles. The Morgan fingerprint density at radius 3 is 0.733 bits per heavy atom. The molecule has 0 aliphatic heterocycles. The molecule has 12 aromatic rings. The molecule has 0 amide bonds. The van der Waals surface area contributed by atoms with Crippen LogP contribution in [0.25, 0.3) is 120 Å². The van der Waals surface area contributed by atoms with Gasteiger partial charge in [0, 0.05) is 0 Å². The van der Waals surface area contributed by atoms with Gasteiger partial charge in [-0.1, -0.05) is 194 Å². The lowest BCUT2D eigenvalue weighted by atomic mass is 9.90. The van der Waals surface area contributed by atoms with E-state index in [1.807, 2.05) is 0 Å². The molecule has 12 rings (SSSR count). The SMILES string of the molecule is c1ccc(-c2ccc3c(ccc4cc(-c5ccc6c(ccc7cc(-c8ccccc8-c8ccc9ccccc9c8)ccc76)c5)ccc43)c2)c(-c2ccc3ccccc3c2)c1. The molecule has 60 heavy (non-hydrogen) atoms. The summed E-state index contributed by atoms with van der Waals surface area (Å²) >= 11 is 0. The van der Waals surface area contributed by atoms with E-state index >= 15 is 0 Å². The molecule has 0 atom stereocenters. The quantitative estimate of drug-likeness (QED) is 0.153. The van der Waals surface area contributed by atoms with E-state index in [0.717, 1.165) is 0 Å². The Kier molecular flexibility index (Phi) is 7.96. The van der Waals surface area contributed by atoms with Gasteiger partial charge in [-0.05, 0) is 157 Å². The van der Waals surface area contributed by atoms with Crippen LogP contribution in [0.5, 0.6) is 0 Å². The summed E-state index contributed by atoms with van der Waals surface area (Å²) in [5, 5.41) is 15.1. The van der Waals surface area contributed by atoms with Crippen molar-refractivity contribution in [1.82, 2.24) is 0 Å². The van der Waals surface area contributed by atoms with E-state index in [2.05, 4.69) is 231 Å². The molecule has 0 saturated heterocycles. The van der Waals surface area contributed by atoms with Gasteiger partial charge < -0.3 is 0 Å². The summed E-state index contributed by atoms with van der Waals surface area (Å²) in [6, 6.07) is 85.1. The highest BCUT2D eigenvalue weighted by Gasteiger charge is 2.13. The van der Waals surface area contributed by atoms with Gasteiger partial charge in [0.25, 0.3) is 0 Å². The van der Waals surface area contributed by atoms with Crippen molar-refractivity contribution in [1.29, 1.82) is 0 Å². The van der Waals surface area contributed by atoms with Crippen molar-refractivity contribution in [2.45, 2.75) is 0 Å². The molecule has 0 nitrogen and oxygen atoms in total. The zero-order chi connectivity index (χ0) is 39.6. The van der Waals surface area contributed by atoms with Crippen molar-refractivity contribution >= 4 is 64.6 Å². The van der Waals surface area contributed by atoms with Crippen LogP contribution in [-0.4, -0.2) is 0 Å². The second kappa shape index (κ2) is 13.9. The third kappa shape index (κ3) is 5.84. The van der Waals surface area contributed by atoms with Crippen LogP contribution in [0, 0.1) is 0 Å².